The fraction of sp³-hybridized carbons (Fsp3) is 0.692. The van der Waals surface area contributed by atoms with Crippen LogP contribution in [0.1, 0.15) is 12.8 Å². The van der Waals surface area contributed by atoms with Crippen molar-refractivity contribution in [3.05, 3.63) is 23.8 Å². The van der Waals surface area contributed by atoms with Crippen molar-refractivity contribution in [3.8, 4) is 0 Å². The molecule has 16 heavy (non-hydrogen) atoms. The van der Waals surface area contributed by atoms with Crippen LogP contribution in [0.5, 0.6) is 0 Å². The van der Waals surface area contributed by atoms with E-state index in [1.165, 1.54) is 5.57 Å². The number of hydrogen-bond donors (Lipinski definition) is 0. The lowest BCUT2D eigenvalue weighted by atomic mass is 10.1. The zero-order valence-electron chi connectivity index (χ0n) is 10.4. The van der Waals surface area contributed by atoms with Gasteiger partial charge in [0.15, 0.2) is 0 Å². The molecule has 0 aliphatic heterocycles. The molecule has 0 fully saturated rings. The average molecular weight is 225 g/mol. The second-order valence-corrected chi connectivity index (χ2v) is 4.03. The third-order valence-corrected chi connectivity index (χ3v) is 2.82. The first kappa shape index (κ1) is 13.4. The first-order valence-electron chi connectivity index (χ1n) is 5.91. The second-order valence-electron chi connectivity index (χ2n) is 4.03. The zero-order valence-corrected chi connectivity index (χ0v) is 10.4. The van der Waals surface area contributed by atoms with Gasteiger partial charge in [-0.25, -0.2) is 0 Å². The van der Waals surface area contributed by atoms with Gasteiger partial charge in [-0.15, -0.1) is 0 Å². The Morgan fingerprint density at radius 3 is 2.31 bits per heavy atom. The van der Waals surface area contributed by atoms with Crippen LogP contribution in [0.25, 0.3) is 0 Å². The maximum absolute atomic E-state index is 5.11. The van der Waals surface area contributed by atoms with Crippen LogP contribution in [0.2, 0.25) is 0 Å². The summed E-state index contributed by atoms with van der Waals surface area (Å²) in [6, 6.07) is 0. The third kappa shape index (κ3) is 5.45. The predicted octanol–water partition coefficient (Wildman–Crippen LogP) is 1.86. The molecule has 0 saturated heterocycles. The van der Waals surface area contributed by atoms with Crippen LogP contribution < -0.4 is 0 Å². The maximum Gasteiger partial charge on any atom is 0.0589 e. The van der Waals surface area contributed by atoms with E-state index < -0.39 is 0 Å². The van der Waals surface area contributed by atoms with E-state index in [1.54, 1.807) is 14.2 Å². The monoisotopic (exact) mass is 225 g/mol. The van der Waals surface area contributed by atoms with Crippen molar-refractivity contribution >= 4 is 0 Å². The summed E-state index contributed by atoms with van der Waals surface area (Å²) in [5.41, 5.74) is 1.53. The first-order chi connectivity index (χ1) is 7.86. The molecule has 3 nitrogen and oxygen atoms in total. The Labute approximate surface area is 98.7 Å². The molecule has 0 radical (unpaired) electrons. The van der Waals surface area contributed by atoms with E-state index in [1.807, 2.05) is 0 Å². The molecule has 0 aromatic heterocycles. The van der Waals surface area contributed by atoms with Crippen LogP contribution in [0, 0.1) is 0 Å². The van der Waals surface area contributed by atoms with Gasteiger partial charge in [-0.2, -0.15) is 0 Å². The summed E-state index contributed by atoms with van der Waals surface area (Å²) in [4.78, 5) is 2.40. The Balaban J connectivity index is 2.19. The molecular weight excluding hydrogens is 202 g/mol. The predicted molar refractivity (Wildman–Crippen MR) is 66.6 cm³/mol. The number of methoxy groups -OCH3 is 2. The van der Waals surface area contributed by atoms with E-state index in [9.17, 15) is 0 Å². The normalized spacial score (nSPS) is 14.8. The van der Waals surface area contributed by atoms with Gasteiger partial charge in [0.05, 0.1) is 13.2 Å². The lowest BCUT2D eigenvalue weighted by Gasteiger charge is -2.21. The highest BCUT2D eigenvalue weighted by molar-refractivity contribution is 5.22. The molecule has 1 aliphatic rings. The minimum Gasteiger partial charge on any atom is -0.383 e. The molecule has 1 rings (SSSR count). The van der Waals surface area contributed by atoms with Crippen LogP contribution in [0.15, 0.2) is 23.8 Å². The summed E-state index contributed by atoms with van der Waals surface area (Å²) < 4.78 is 10.2. The third-order valence-electron chi connectivity index (χ3n) is 2.82. The SMILES string of the molecule is COCCN(CCOC)CCC1=CC=CC1. The lowest BCUT2D eigenvalue weighted by Crippen LogP contribution is -2.31. The largest absolute Gasteiger partial charge is 0.383 e. The van der Waals surface area contributed by atoms with Crippen molar-refractivity contribution in [2.45, 2.75) is 12.8 Å². The molecule has 0 aromatic rings. The summed E-state index contributed by atoms with van der Waals surface area (Å²) in [6.07, 6.45) is 8.86. The highest BCUT2D eigenvalue weighted by Gasteiger charge is 2.06. The Morgan fingerprint density at radius 2 is 1.81 bits per heavy atom. The molecule has 0 saturated carbocycles. The van der Waals surface area contributed by atoms with Gasteiger partial charge in [-0.3, -0.25) is 4.90 Å². The number of hydrogen-bond acceptors (Lipinski definition) is 3. The number of nitrogens with zero attached hydrogens (tertiary/aromatic N) is 1. The summed E-state index contributed by atoms with van der Waals surface area (Å²) in [7, 11) is 3.50. The van der Waals surface area contributed by atoms with Crippen LogP contribution in [0.3, 0.4) is 0 Å². The van der Waals surface area contributed by atoms with Gasteiger partial charge in [0.25, 0.3) is 0 Å². The molecule has 0 heterocycles. The maximum atomic E-state index is 5.11. The summed E-state index contributed by atoms with van der Waals surface area (Å²) in [5.74, 6) is 0. The van der Waals surface area contributed by atoms with E-state index in [4.69, 9.17) is 9.47 Å². The number of rotatable bonds is 9. The summed E-state index contributed by atoms with van der Waals surface area (Å²) in [6.45, 7) is 4.66. The molecule has 0 unspecified atom stereocenters. The highest BCUT2D eigenvalue weighted by Crippen LogP contribution is 2.14. The highest BCUT2D eigenvalue weighted by atomic mass is 16.5. The topological polar surface area (TPSA) is 21.7 Å². The quantitative estimate of drug-likeness (QED) is 0.598. The molecule has 92 valence electrons. The Morgan fingerprint density at radius 1 is 1.12 bits per heavy atom. The van der Waals surface area contributed by atoms with Crippen molar-refractivity contribution < 1.29 is 9.47 Å². The van der Waals surface area contributed by atoms with E-state index in [2.05, 4.69) is 23.1 Å². The molecule has 0 spiro atoms. The van der Waals surface area contributed by atoms with E-state index in [0.29, 0.717) is 0 Å². The minimum absolute atomic E-state index is 0.793. The Kier molecular flexibility index (Phi) is 7.14. The van der Waals surface area contributed by atoms with Gasteiger partial charge in [0.2, 0.25) is 0 Å². The Bertz CT molecular complexity index is 228. The van der Waals surface area contributed by atoms with Gasteiger partial charge < -0.3 is 9.47 Å². The number of ether oxygens (including phenoxy) is 2. The van der Waals surface area contributed by atoms with Gasteiger partial charge in [-0.05, 0) is 12.8 Å². The molecular formula is C13H23NO2. The van der Waals surface area contributed by atoms with Crippen molar-refractivity contribution in [1.82, 2.24) is 4.90 Å². The second kappa shape index (κ2) is 8.50. The van der Waals surface area contributed by atoms with Crippen molar-refractivity contribution in [3.63, 3.8) is 0 Å². The van der Waals surface area contributed by atoms with Gasteiger partial charge in [-0.1, -0.05) is 23.8 Å². The van der Waals surface area contributed by atoms with Crippen molar-refractivity contribution in [2.75, 3.05) is 47.1 Å². The van der Waals surface area contributed by atoms with Crippen LogP contribution in [-0.4, -0.2) is 52.0 Å². The molecule has 0 N–H and O–H groups in total. The molecule has 0 atom stereocenters. The Hall–Kier alpha value is -0.640. The van der Waals surface area contributed by atoms with Crippen molar-refractivity contribution in [1.29, 1.82) is 0 Å². The van der Waals surface area contributed by atoms with Crippen LogP contribution >= 0.6 is 0 Å². The van der Waals surface area contributed by atoms with Gasteiger partial charge >= 0.3 is 0 Å². The van der Waals surface area contributed by atoms with E-state index in [-0.39, 0.29) is 0 Å². The smallest absolute Gasteiger partial charge is 0.0589 e. The van der Waals surface area contributed by atoms with Crippen molar-refractivity contribution in [2.24, 2.45) is 0 Å². The molecule has 0 bridgehead atoms. The van der Waals surface area contributed by atoms with Crippen LogP contribution in [-0.2, 0) is 9.47 Å². The van der Waals surface area contributed by atoms with Gasteiger partial charge in [0.1, 0.15) is 0 Å². The minimum atomic E-state index is 0.793. The lowest BCUT2D eigenvalue weighted by molar-refractivity contribution is 0.115. The fourth-order valence-electron chi connectivity index (χ4n) is 1.75. The standard InChI is InChI=1S/C13H23NO2/c1-15-11-9-14(10-12-16-2)8-7-13-5-3-4-6-13/h3-5H,6-12H2,1-2H3. The van der Waals surface area contributed by atoms with Crippen LogP contribution in [0.4, 0.5) is 0 Å². The molecule has 0 aromatic carbocycles. The van der Waals surface area contributed by atoms with E-state index >= 15 is 0 Å². The summed E-state index contributed by atoms with van der Waals surface area (Å²) >= 11 is 0. The molecule has 1 aliphatic carbocycles. The summed E-state index contributed by atoms with van der Waals surface area (Å²) in [5, 5.41) is 0. The molecule has 0 amide bonds. The molecule has 3 heteroatoms. The average Bonchev–Trinajstić information content (AvgIpc) is 2.81. The fourth-order valence-corrected chi connectivity index (χ4v) is 1.75. The van der Waals surface area contributed by atoms with E-state index in [0.717, 1.165) is 45.7 Å². The number of allylic oxidation sites excluding steroid dienone is 3. The zero-order chi connectivity index (χ0) is 11.6. The van der Waals surface area contributed by atoms with Gasteiger partial charge in [0, 0.05) is 33.9 Å². The first-order valence-corrected chi connectivity index (χ1v) is 5.91.